The van der Waals surface area contributed by atoms with Crippen molar-refractivity contribution in [2.45, 2.75) is 78.5 Å². The van der Waals surface area contributed by atoms with E-state index in [2.05, 4.69) is 17.2 Å². The summed E-state index contributed by atoms with van der Waals surface area (Å²) >= 11 is 0. The van der Waals surface area contributed by atoms with E-state index in [0.29, 0.717) is 12.1 Å². The summed E-state index contributed by atoms with van der Waals surface area (Å²) in [6.07, 6.45) is 1.84. The minimum Gasteiger partial charge on any atom is -0.444 e. The number of nitrogens with zero attached hydrogens (tertiary/aromatic N) is 1. The maximum absolute atomic E-state index is 13.7. The van der Waals surface area contributed by atoms with Gasteiger partial charge in [-0.05, 0) is 46.6 Å². The lowest BCUT2D eigenvalue weighted by Crippen LogP contribution is -2.54. The number of nitrogens with two attached hydrogens (primary N) is 1. The molecule has 194 valence electrons. The summed E-state index contributed by atoms with van der Waals surface area (Å²) in [6.45, 7) is 15.0. The molecular weight excluding hydrogens is 448 g/mol. The van der Waals surface area contributed by atoms with E-state index in [-0.39, 0.29) is 12.5 Å². The molecular formula is C26H40N4O5. The Morgan fingerprint density at radius 3 is 2.23 bits per heavy atom. The van der Waals surface area contributed by atoms with Gasteiger partial charge in [0.15, 0.2) is 0 Å². The monoisotopic (exact) mass is 488 g/mol. The zero-order valence-electron chi connectivity index (χ0n) is 21.8. The van der Waals surface area contributed by atoms with Crippen LogP contribution in [0.15, 0.2) is 30.9 Å². The minimum atomic E-state index is -1.32. The number of primary amides is 1. The Kier molecular flexibility index (Phi) is 11.5. The molecule has 0 fully saturated rings. The lowest BCUT2D eigenvalue weighted by molar-refractivity contribution is -0.142. The van der Waals surface area contributed by atoms with E-state index in [1.807, 2.05) is 39.0 Å². The standard InChI is InChI=1S/C26H40N4O5/c1-8-10-11-28-23(32)22(19-14-17(3)13-18(4)15-19)30(12-9-2)24(33)20(16-21(27)31)29-25(34)35-26(5,6)7/h9,13-15,20,22H,2,8,10-12,16H2,1,3-7H3,(H2,27,31)(H,28,32)(H,29,34). The molecule has 35 heavy (non-hydrogen) atoms. The van der Waals surface area contributed by atoms with Gasteiger partial charge in [0.25, 0.3) is 0 Å². The molecule has 0 aliphatic rings. The highest BCUT2D eigenvalue weighted by Gasteiger charge is 2.36. The van der Waals surface area contributed by atoms with Crippen molar-refractivity contribution in [3.63, 3.8) is 0 Å². The van der Waals surface area contributed by atoms with E-state index in [9.17, 15) is 19.2 Å². The van der Waals surface area contributed by atoms with E-state index in [1.54, 1.807) is 20.8 Å². The number of unbranched alkanes of at least 4 members (excludes halogenated alkanes) is 1. The van der Waals surface area contributed by atoms with Crippen LogP contribution in [0.4, 0.5) is 4.79 Å². The van der Waals surface area contributed by atoms with Gasteiger partial charge in [-0.3, -0.25) is 14.4 Å². The molecule has 1 aromatic carbocycles. The van der Waals surface area contributed by atoms with Gasteiger partial charge in [0.2, 0.25) is 17.7 Å². The maximum atomic E-state index is 13.7. The largest absolute Gasteiger partial charge is 0.444 e. The van der Waals surface area contributed by atoms with Crippen molar-refractivity contribution in [1.29, 1.82) is 0 Å². The molecule has 0 heterocycles. The van der Waals surface area contributed by atoms with Gasteiger partial charge in [-0.2, -0.15) is 0 Å². The molecule has 0 spiro atoms. The third-order valence-electron chi connectivity index (χ3n) is 4.95. The van der Waals surface area contributed by atoms with Crippen LogP contribution < -0.4 is 16.4 Å². The molecule has 1 aromatic rings. The summed E-state index contributed by atoms with van der Waals surface area (Å²) in [4.78, 5) is 52.6. The summed E-state index contributed by atoms with van der Waals surface area (Å²) in [5.41, 5.74) is 7.03. The number of rotatable bonds is 12. The molecule has 0 saturated carbocycles. The van der Waals surface area contributed by atoms with E-state index >= 15 is 0 Å². The SMILES string of the molecule is C=CCN(C(=O)C(CC(N)=O)NC(=O)OC(C)(C)C)C(C(=O)NCCCC)c1cc(C)cc(C)c1. The van der Waals surface area contributed by atoms with Gasteiger partial charge in [0, 0.05) is 13.1 Å². The lowest BCUT2D eigenvalue weighted by Gasteiger charge is -2.34. The predicted octanol–water partition coefficient (Wildman–Crippen LogP) is 3.04. The zero-order chi connectivity index (χ0) is 26.8. The smallest absolute Gasteiger partial charge is 0.408 e. The normalized spacial score (nSPS) is 12.7. The Hall–Kier alpha value is -3.36. The third-order valence-corrected chi connectivity index (χ3v) is 4.95. The number of carbonyl (C=O) groups is 4. The quantitative estimate of drug-likeness (QED) is 0.307. The molecule has 4 amide bonds. The first-order valence-corrected chi connectivity index (χ1v) is 11.8. The van der Waals surface area contributed by atoms with Crippen molar-refractivity contribution in [2.75, 3.05) is 13.1 Å². The first kappa shape index (κ1) is 29.7. The second kappa shape index (κ2) is 13.5. The number of alkyl carbamates (subject to hydrolysis) is 1. The van der Waals surface area contributed by atoms with Crippen molar-refractivity contribution < 1.29 is 23.9 Å². The number of aryl methyl sites for hydroxylation is 2. The topological polar surface area (TPSA) is 131 Å². The summed E-state index contributed by atoms with van der Waals surface area (Å²) in [5.74, 6) is -1.80. The number of carbonyl (C=O) groups excluding carboxylic acids is 4. The zero-order valence-corrected chi connectivity index (χ0v) is 21.8. The van der Waals surface area contributed by atoms with Gasteiger partial charge in [0.1, 0.15) is 17.7 Å². The van der Waals surface area contributed by atoms with Gasteiger partial charge in [-0.25, -0.2) is 4.79 Å². The van der Waals surface area contributed by atoms with E-state index in [4.69, 9.17) is 10.5 Å². The highest BCUT2D eigenvalue weighted by molar-refractivity contribution is 5.94. The molecule has 2 atom stereocenters. The second-order valence-electron chi connectivity index (χ2n) is 9.62. The van der Waals surface area contributed by atoms with Crippen molar-refractivity contribution in [2.24, 2.45) is 5.73 Å². The Morgan fingerprint density at radius 1 is 1.14 bits per heavy atom. The minimum absolute atomic E-state index is 0.00292. The summed E-state index contributed by atoms with van der Waals surface area (Å²) < 4.78 is 5.26. The summed E-state index contributed by atoms with van der Waals surface area (Å²) in [7, 11) is 0. The molecule has 2 unspecified atom stereocenters. The van der Waals surface area contributed by atoms with Gasteiger partial charge >= 0.3 is 6.09 Å². The molecule has 9 nitrogen and oxygen atoms in total. The molecule has 0 aromatic heterocycles. The lowest BCUT2D eigenvalue weighted by atomic mass is 9.98. The first-order valence-electron chi connectivity index (χ1n) is 11.8. The van der Waals surface area contributed by atoms with Crippen LogP contribution in [0, 0.1) is 13.8 Å². The molecule has 0 saturated heterocycles. The van der Waals surface area contributed by atoms with E-state index in [0.717, 1.165) is 24.0 Å². The van der Waals surface area contributed by atoms with Crippen LogP contribution in [0.1, 0.15) is 69.7 Å². The maximum Gasteiger partial charge on any atom is 0.408 e. The Morgan fingerprint density at radius 2 is 1.74 bits per heavy atom. The van der Waals surface area contributed by atoms with Crippen LogP contribution in [0.25, 0.3) is 0 Å². The average molecular weight is 489 g/mol. The molecule has 0 radical (unpaired) electrons. The Labute approximate surface area is 208 Å². The average Bonchev–Trinajstić information content (AvgIpc) is 2.70. The fourth-order valence-corrected chi connectivity index (χ4v) is 3.64. The summed E-state index contributed by atoms with van der Waals surface area (Å²) in [6, 6.07) is 3.32. The fraction of sp³-hybridized carbons (Fsp3) is 0.538. The van der Waals surface area contributed by atoms with Crippen molar-refractivity contribution in [3.05, 3.63) is 47.5 Å². The second-order valence-corrected chi connectivity index (χ2v) is 9.62. The molecule has 4 N–H and O–H groups in total. The van der Waals surface area contributed by atoms with Crippen LogP contribution in [0.2, 0.25) is 0 Å². The number of ether oxygens (including phenoxy) is 1. The van der Waals surface area contributed by atoms with Gasteiger partial charge in [-0.1, -0.05) is 48.7 Å². The van der Waals surface area contributed by atoms with Crippen LogP contribution in [-0.2, 0) is 19.1 Å². The molecule has 1 rings (SSSR count). The van der Waals surface area contributed by atoms with Crippen molar-refractivity contribution in [3.8, 4) is 0 Å². The molecule has 0 aliphatic carbocycles. The van der Waals surface area contributed by atoms with E-state index in [1.165, 1.54) is 11.0 Å². The van der Waals surface area contributed by atoms with Gasteiger partial charge in [-0.15, -0.1) is 6.58 Å². The third kappa shape index (κ3) is 10.2. The van der Waals surface area contributed by atoms with Gasteiger partial charge < -0.3 is 26.0 Å². The summed E-state index contributed by atoms with van der Waals surface area (Å²) in [5, 5.41) is 5.34. The number of nitrogens with one attached hydrogen (secondary N) is 2. The highest BCUT2D eigenvalue weighted by Crippen LogP contribution is 2.25. The van der Waals surface area contributed by atoms with Crippen molar-refractivity contribution >= 4 is 23.8 Å². The first-order chi connectivity index (χ1) is 16.3. The van der Waals surface area contributed by atoms with Crippen molar-refractivity contribution in [1.82, 2.24) is 15.5 Å². The van der Waals surface area contributed by atoms with Crippen LogP contribution in [0.3, 0.4) is 0 Å². The van der Waals surface area contributed by atoms with Crippen LogP contribution >= 0.6 is 0 Å². The van der Waals surface area contributed by atoms with E-state index < -0.39 is 42.0 Å². The number of hydrogen-bond acceptors (Lipinski definition) is 5. The molecule has 0 aliphatic heterocycles. The van der Waals surface area contributed by atoms with Crippen LogP contribution in [0.5, 0.6) is 0 Å². The van der Waals surface area contributed by atoms with Gasteiger partial charge in [0.05, 0.1) is 6.42 Å². The van der Waals surface area contributed by atoms with Crippen LogP contribution in [-0.4, -0.2) is 53.4 Å². The predicted molar refractivity (Wildman–Crippen MR) is 135 cm³/mol. The fourth-order valence-electron chi connectivity index (χ4n) is 3.64. The Balaban J connectivity index is 3.46. The molecule has 9 heteroatoms. The number of amides is 4. The number of benzene rings is 1. The number of hydrogen-bond donors (Lipinski definition) is 3. The Bertz CT molecular complexity index is 903. The highest BCUT2D eigenvalue weighted by atomic mass is 16.6. The molecule has 0 bridgehead atoms.